The molecule has 3 aromatic rings. The van der Waals surface area contributed by atoms with Gasteiger partial charge in [-0.05, 0) is 86.7 Å². The molecule has 2 amide bonds. The summed E-state index contributed by atoms with van der Waals surface area (Å²) >= 11 is 0. The van der Waals surface area contributed by atoms with E-state index >= 15 is 0 Å². The van der Waals surface area contributed by atoms with Gasteiger partial charge in [-0.15, -0.1) is 0 Å². The van der Waals surface area contributed by atoms with E-state index in [0.29, 0.717) is 19.0 Å². The first-order valence-corrected chi connectivity index (χ1v) is 12.1. The smallest absolute Gasteiger partial charge is 0.321 e. The van der Waals surface area contributed by atoms with Crippen LogP contribution >= 0.6 is 0 Å². The van der Waals surface area contributed by atoms with Gasteiger partial charge in [-0.3, -0.25) is 9.88 Å². The van der Waals surface area contributed by atoms with Crippen LogP contribution in [0.25, 0.3) is 10.9 Å². The van der Waals surface area contributed by atoms with Crippen LogP contribution in [0.5, 0.6) is 0 Å². The molecule has 5 nitrogen and oxygen atoms in total. The molecule has 2 aliphatic rings. The van der Waals surface area contributed by atoms with Crippen molar-refractivity contribution in [3.05, 3.63) is 71.7 Å². The summed E-state index contributed by atoms with van der Waals surface area (Å²) in [6.45, 7) is 4.62. The number of pyridine rings is 1. The van der Waals surface area contributed by atoms with Gasteiger partial charge in [-0.25, -0.2) is 9.18 Å². The van der Waals surface area contributed by atoms with Crippen LogP contribution in [-0.4, -0.2) is 47.0 Å². The SMILES string of the molecule is O=C(Nc1ccc2nc(CN3CCCCC3)ccc2c1)N1CCC(c2ccc(F)cc2)CC1. The molecule has 1 N–H and O–H groups in total. The summed E-state index contributed by atoms with van der Waals surface area (Å²) in [6, 6.07) is 16.8. The first kappa shape index (κ1) is 21.8. The van der Waals surface area contributed by atoms with Crippen LogP contribution in [0.1, 0.15) is 49.3 Å². The number of carbonyl (C=O) groups is 1. The molecule has 2 saturated heterocycles. The lowest BCUT2D eigenvalue weighted by Gasteiger charge is -2.32. The monoisotopic (exact) mass is 446 g/mol. The number of hydrogen-bond acceptors (Lipinski definition) is 3. The van der Waals surface area contributed by atoms with E-state index in [2.05, 4.69) is 22.3 Å². The maximum Gasteiger partial charge on any atom is 0.321 e. The lowest BCUT2D eigenvalue weighted by atomic mass is 9.89. The van der Waals surface area contributed by atoms with Gasteiger partial charge < -0.3 is 10.2 Å². The molecule has 0 spiro atoms. The van der Waals surface area contributed by atoms with Gasteiger partial charge in [0.05, 0.1) is 11.2 Å². The quantitative estimate of drug-likeness (QED) is 0.553. The summed E-state index contributed by atoms with van der Waals surface area (Å²) in [5, 5.41) is 4.08. The molecule has 0 unspecified atom stereocenters. The molecule has 0 saturated carbocycles. The van der Waals surface area contributed by atoms with E-state index in [0.717, 1.165) is 60.3 Å². The zero-order valence-electron chi connectivity index (χ0n) is 19.0. The molecule has 33 heavy (non-hydrogen) atoms. The molecule has 0 atom stereocenters. The number of carbonyl (C=O) groups excluding carboxylic acids is 1. The zero-order chi connectivity index (χ0) is 22.6. The second-order valence-electron chi connectivity index (χ2n) is 9.29. The van der Waals surface area contributed by atoms with Crippen LogP contribution in [0.4, 0.5) is 14.9 Å². The third-order valence-corrected chi connectivity index (χ3v) is 6.96. The van der Waals surface area contributed by atoms with Crippen molar-refractivity contribution in [1.82, 2.24) is 14.8 Å². The number of halogens is 1. The van der Waals surface area contributed by atoms with E-state index in [9.17, 15) is 9.18 Å². The van der Waals surface area contributed by atoms with Gasteiger partial charge in [0.25, 0.3) is 0 Å². The first-order chi connectivity index (χ1) is 16.1. The fourth-order valence-electron chi connectivity index (χ4n) is 5.03. The van der Waals surface area contributed by atoms with Crippen molar-refractivity contribution in [1.29, 1.82) is 0 Å². The molecule has 2 fully saturated rings. The number of anilines is 1. The first-order valence-electron chi connectivity index (χ1n) is 12.1. The van der Waals surface area contributed by atoms with Crippen LogP contribution in [0.15, 0.2) is 54.6 Å². The number of fused-ring (bicyclic) bond motifs is 1. The van der Waals surface area contributed by atoms with Crippen LogP contribution in [0.3, 0.4) is 0 Å². The summed E-state index contributed by atoms with van der Waals surface area (Å²) < 4.78 is 13.2. The molecule has 5 rings (SSSR count). The van der Waals surface area contributed by atoms with E-state index in [4.69, 9.17) is 4.98 Å². The van der Waals surface area contributed by atoms with Gasteiger partial charge in [-0.1, -0.05) is 24.6 Å². The highest BCUT2D eigenvalue weighted by atomic mass is 19.1. The normalized spacial score (nSPS) is 17.9. The predicted octanol–water partition coefficient (Wildman–Crippen LogP) is 5.77. The largest absolute Gasteiger partial charge is 0.324 e. The third kappa shape index (κ3) is 5.33. The minimum absolute atomic E-state index is 0.0680. The van der Waals surface area contributed by atoms with Crippen molar-refractivity contribution in [2.75, 3.05) is 31.5 Å². The second-order valence-corrected chi connectivity index (χ2v) is 9.29. The third-order valence-electron chi connectivity index (χ3n) is 6.96. The molecular formula is C27H31FN4O. The van der Waals surface area contributed by atoms with E-state index in [1.165, 1.54) is 31.4 Å². The topological polar surface area (TPSA) is 48.5 Å². The number of likely N-dealkylation sites (tertiary alicyclic amines) is 2. The Labute approximate surface area is 194 Å². The van der Waals surface area contributed by atoms with Crippen molar-refractivity contribution in [3.63, 3.8) is 0 Å². The van der Waals surface area contributed by atoms with Crippen molar-refractivity contribution in [2.45, 2.75) is 44.6 Å². The number of hydrogen-bond donors (Lipinski definition) is 1. The average molecular weight is 447 g/mol. The number of rotatable bonds is 4. The van der Waals surface area contributed by atoms with Gasteiger partial charge >= 0.3 is 6.03 Å². The lowest BCUT2D eigenvalue weighted by molar-refractivity contribution is 0.194. The molecule has 3 heterocycles. The Morgan fingerprint density at radius 1 is 0.939 bits per heavy atom. The second kappa shape index (κ2) is 9.87. The molecule has 6 heteroatoms. The zero-order valence-corrected chi connectivity index (χ0v) is 19.0. The molecule has 1 aromatic heterocycles. The Balaban J connectivity index is 1.18. The number of benzene rings is 2. The van der Waals surface area contributed by atoms with Gasteiger partial charge in [0.2, 0.25) is 0 Å². The Kier molecular flexibility index (Phi) is 6.53. The van der Waals surface area contributed by atoms with Crippen molar-refractivity contribution in [2.24, 2.45) is 0 Å². The molecule has 0 bridgehead atoms. The summed E-state index contributed by atoms with van der Waals surface area (Å²) in [4.78, 5) is 22.0. The number of nitrogens with one attached hydrogen (secondary N) is 1. The highest BCUT2D eigenvalue weighted by Crippen LogP contribution is 2.28. The Morgan fingerprint density at radius 2 is 1.70 bits per heavy atom. The van der Waals surface area contributed by atoms with Crippen molar-refractivity contribution >= 4 is 22.6 Å². The maximum atomic E-state index is 13.2. The predicted molar refractivity (Wildman–Crippen MR) is 130 cm³/mol. The van der Waals surface area contributed by atoms with Gasteiger partial charge in [0.15, 0.2) is 0 Å². The average Bonchev–Trinajstić information content (AvgIpc) is 2.85. The Hall–Kier alpha value is -2.99. The number of amides is 2. The Morgan fingerprint density at radius 3 is 2.45 bits per heavy atom. The van der Waals surface area contributed by atoms with E-state index < -0.39 is 0 Å². The van der Waals surface area contributed by atoms with Gasteiger partial charge in [0, 0.05) is 30.7 Å². The summed E-state index contributed by atoms with van der Waals surface area (Å²) in [6.07, 6.45) is 5.67. The minimum Gasteiger partial charge on any atom is -0.324 e. The molecule has 0 aliphatic carbocycles. The highest BCUT2D eigenvalue weighted by Gasteiger charge is 2.24. The van der Waals surface area contributed by atoms with E-state index in [1.54, 1.807) is 0 Å². The lowest BCUT2D eigenvalue weighted by Crippen LogP contribution is -2.40. The minimum atomic E-state index is -0.209. The fraction of sp³-hybridized carbons (Fsp3) is 0.407. The summed E-state index contributed by atoms with van der Waals surface area (Å²) in [5.41, 5.74) is 4.00. The Bertz CT molecular complexity index is 1100. The highest BCUT2D eigenvalue weighted by molar-refractivity contribution is 5.92. The number of urea groups is 1. The molecule has 0 radical (unpaired) electrons. The van der Waals surface area contributed by atoms with Gasteiger partial charge in [0.1, 0.15) is 5.82 Å². The van der Waals surface area contributed by atoms with Gasteiger partial charge in [-0.2, -0.15) is 0 Å². The van der Waals surface area contributed by atoms with Crippen LogP contribution in [0, 0.1) is 5.82 Å². The number of piperidine rings is 2. The molecule has 2 aliphatic heterocycles. The van der Waals surface area contributed by atoms with Crippen molar-refractivity contribution < 1.29 is 9.18 Å². The maximum absolute atomic E-state index is 13.2. The fourth-order valence-corrected chi connectivity index (χ4v) is 5.03. The van der Waals surface area contributed by atoms with E-state index in [-0.39, 0.29) is 11.8 Å². The molecule has 2 aromatic carbocycles. The van der Waals surface area contributed by atoms with Crippen molar-refractivity contribution in [3.8, 4) is 0 Å². The number of nitrogens with zero attached hydrogens (tertiary/aromatic N) is 3. The molecular weight excluding hydrogens is 415 g/mol. The van der Waals surface area contributed by atoms with Crippen LogP contribution in [0.2, 0.25) is 0 Å². The molecule has 172 valence electrons. The number of aromatic nitrogens is 1. The van der Waals surface area contributed by atoms with E-state index in [1.807, 2.05) is 35.2 Å². The summed E-state index contributed by atoms with van der Waals surface area (Å²) in [5.74, 6) is 0.167. The summed E-state index contributed by atoms with van der Waals surface area (Å²) in [7, 11) is 0. The van der Waals surface area contributed by atoms with Crippen LogP contribution in [-0.2, 0) is 6.54 Å². The van der Waals surface area contributed by atoms with Crippen LogP contribution < -0.4 is 5.32 Å². The standard InChI is InChI=1S/C27H31FN4O/c28-23-7-4-20(5-8-23)21-12-16-32(17-13-21)27(33)30-24-10-11-26-22(18-24)6-9-25(29-26)19-31-14-2-1-3-15-31/h4-11,18,21H,1-3,12-17,19H2,(H,30,33).